The Kier molecular flexibility index (Phi) is 4.06. The van der Waals surface area contributed by atoms with Crippen LogP contribution in [0.2, 0.25) is 0 Å². The van der Waals surface area contributed by atoms with Crippen LogP contribution in [0.25, 0.3) is 10.6 Å². The molecule has 0 spiro atoms. The van der Waals surface area contributed by atoms with Crippen molar-refractivity contribution in [1.29, 1.82) is 0 Å². The fraction of sp³-hybridized carbons (Fsp3) is 0.250. The SMILES string of the molecule is NCCOc1ccc(-c2nc(C(F)(F)F)cs2)cc1. The van der Waals surface area contributed by atoms with Gasteiger partial charge < -0.3 is 10.5 Å². The third-order valence-corrected chi connectivity index (χ3v) is 3.17. The van der Waals surface area contributed by atoms with Crippen LogP contribution in [-0.2, 0) is 6.18 Å². The van der Waals surface area contributed by atoms with Crippen LogP contribution in [0.5, 0.6) is 5.75 Å². The third kappa shape index (κ3) is 3.45. The molecule has 0 saturated heterocycles. The van der Waals surface area contributed by atoms with Crippen molar-refractivity contribution in [2.24, 2.45) is 5.73 Å². The summed E-state index contributed by atoms with van der Waals surface area (Å²) in [7, 11) is 0. The number of benzene rings is 1. The second kappa shape index (κ2) is 5.58. The predicted octanol–water partition coefficient (Wildman–Crippen LogP) is 3.17. The van der Waals surface area contributed by atoms with Crippen LogP contribution in [0.4, 0.5) is 13.2 Å². The molecule has 19 heavy (non-hydrogen) atoms. The molecule has 0 amide bonds. The van der Waals surface area contributed by atoms with Crippen molar-refractivity contribution in [2.45, 2.75) is 6.18 Å². The Hall–Kier alpha value is -1.60. The minimum absolute atomic E-state index is 0.331. The lowest BCUT2D eigenvalue weighted by atomic mass is 10.2. The number of nitrogens with zero attached hydrogens (tertiary/aromatic N) is 1. The van der Waals surface area contributed by atoms with Crippen LogP contribution in [0.3, 0.4) is 0 Å². The molecule has 0 bridgehead atoms. The van der Waals surface area contributed by atoms with Gasteiger partial charge >= 0.3 is 6.18 Å². The van der Waals surface area contributed by atoms with Crippen molar-refractivity contribution >= 4 is 11.3 Å². The normalized spacial score (nSPS) is 11.6. The zero-order valence-corrected chi connectivity index (χ0v) is 10.6. The third-order valence-electron chi connectivity index (χ3n) is 2.28. The van der Waals surface area contributed by atoms with Gasteiger partial charge in [0.15, 0.2) is 5.69 Å². The highest BCUT2D eigenvalue weighted by molar-refractivity contribution is 7.13. The monoisotopic (exact) mass is 288 g/mol. The summed E-state index contributed by atoms with van der Waals surface area (Å²) in [6, 6.07) is 6.70. The van der Waals surface area contributed by atoms with Crippen molar-refractivity contribution in [3.05, 3.63) is 35.3 Å². The van der Waals surface area contributed by atoms with E-state index in [4.69, 9.17) is 10.5 Å². The lowest BCUT2D eigenvalue weighted by molar-refractivity contribution is -0.140. The Bertz CT molecular complexity index is 537. The standard InChI is InChI=1S/C12H11F3N2OS/c13-12(14,15)10-7-19-11(17-10)8-1-3-9(4-2-8)18-6-5-16/h1-4,7H,5-6,16H2. The second-order valence-corrected chi connectivity index (χ2v) is 4.56. The largest absolute Gasteiger partial charge is 0.492 e. The summed E-state index contributed by atoms with van der Waals surface area (Å²) in [6.45, 7) is 0.804. The lowest BCUT2D eigenvalue weighted by Gasteiger charge is -2.04. The predicted molar refractivity (Wildman–Crippen MR) is 67.1 cm³/mol. The van der Waals surface area contributed by atoms with Crippen molar-refractivity contribution in [3.63, 3.8) is 0 Å². The van der Waals surface area contributed by atoms with Crippen LogP contribution < -0.4 is 10.5 Å². The van der Waals surface area contributed by atoms with Gasteiger partial charge in [-0.05, 0) is 24.3 Å². The molecule has 7 heteroatoms. The molecule has 1 aromatic heterocycles. The molecule has 1 aromatic carbocycles. The molecule has 0 fully saturated rings. The summed E-state index contributed by atoms with van der Waals surface area (Å²) >= 11 is 0.961. The van der Waals surface area contributed by atoms with Gasteiger partial charge in [-0.25, -0.2) is 4.98 Å². The maximum atomic E-state index is 12.4. The summed E-state index contributed by atoms with van der Waals surface area (Å²) in [6.07, 6.45) is -4.40. The van der Waals surface area contributed by atoms with Crippen LogP contribution in [0, 0.1) is 0 Å². The van der Waals surface area contributed by atoms with Gasteiger partial charge in [0, 0.05) is 17.5 Å². The quantitative estimate of drug-likeness (QED) is 0.940. The first-order valence-corrected chi connectivity index (χ1v) is 6.34. The number of ether oxygens (including phenoxy) is 1. The minimum Gasteiger partial charge on any atom is -0.492 e. The van der Waals surface area contributed by atoms with E-state index in [-0.39, 0.29) is 0 Å². The first kappa shape index (κ1) is 13.8. The van der Waals surface area contributed by atoms with Crippen molar-refractivity contribution in [2.75, 3.05) is 13.2 Å². The van der Waals surface area contributed by atoms with E-state index in [0.717, 1.165) is 16.7 Å². The number of hydrogen-bond acceptors (Lipinski definition) is 4. The number of aromatic nitrogens is 1. The molecule has 0 atom stereocenters. The van der Waals surface area contributed by atoms with Gasteiger partial charge in [0.2, 0.25) is 0 Å². The number of thiazole rings is 1. The molecule has 0 aliphatic rings. The Balaban J connectivity index is 2.16. The lowest BCUT2D eigenvalue weighted by Crippen LogP contribution is -2.10. The van der Waals surface area contributed by atoms with E-state index < -0.39 is 11.9 Å². The Morgan fingerprint density at radius 1 is 1.21 bits per heavy atom. The van der Waals surface area contributed by atoms with Crippen molar-refractivity contribution in [3.8, 4) is 16.3 Å². The molecule has 2 N–H and O–H groups in total. The van der Waals surface area contributed by atoms with Gasteiger partial charge in [-0.1, -0.05) is 0 Å². The highest BCUT2D eigenvalue weighted by Gasteiger charge is 2.33. The number of nitrogens with two attached hydrogens (primary N) is 1. The highest BCUT2D eigenvalue weighted by atomic mass is 32.1. The number of alkyl halides is 3. The molecule has 3 nitrogen and oxygen atoms in total. The number of hydrogen-bond donors (Lipinski definition) is 1. The average molecular weight is 288 g/mol. The molecule has 0 saturated carbocycles. The average Bonchev–Trinajstić information content (AvgIpc) is 2.86. The molecule has 2 rings (SSSR count). The van der Waals surface area contributed by atoms with Gasteiger partial charge in [-0.3, -0.25) is 0 Å². The van der Waals surface area contributed by atoms with Gasteiger partial charge in [-0.15, -0.1) is 11.3 Å². The summed E-state index contributed by atoms with van der Waals surface area (Å²) in [5, 5.41) is 1.34. The summed E-state index contributed by atoms with van der Waals surface area (Å²) in [5.74, 6) is 0.627. The van der Waals surface area contributed by atoms with Gasteiger partial charge in [0.1, 0.15) is 17.4 Å². The Morgan fingerprint density at radius 3 is 2.42 bits per heavy atom. The van der Waals surface area contributed by atoms with Crippen LogP contribution in [0.15, 0.2) is 29.6 Å². The molecular weight excluding hydrogens is 277 g/mol. The van der Waals surface area contributed by atoms with Gasteiger partial charge in [0.05, 0.1) is 0 Å². The Morgan fingerprint density at radius 2 is 1.89 bits per heavy atom. The van der Waals surface area contributed by atoms with Crippen molar-refractivity contribution < 1.29 is 17.9 Å². The molecule has 2 aromatic rings. The summed E-state index contributed by atoms with van der Waals surface area (Å²) < 4.78 is 42.6. The van der Waals surface area contributed by atoms with E-state index in [9.17, 15) is 13.2 Å². The van der Waals surface area contributed by atoms with Gasteiger partial charge in [-0.2, -0.15) is 13.2 Å². The fourth-order valence-corrected chi connectivity index (χ4v) is 2.24. The topological polar surface area (TPSA) is 48.1 Å². The van der Waals surface area contributed by atoms with E-state index in [1.165, 1.54) is 0 Å². The van der Waals surface area contributed by atoms with E-state index in [2.05, 4.69) is 4.98 Å². The molecule has 0 radical (unpaired) electrons. The zero-order valence-electron chi connectivity index (χ0n) is 9.78. The number of halogens is 3. The number of rotatable bonds is 4. The molecular formula is C12H11F3N2OS. The second-order valence-electron chi connectivity index (χ2n) is 3.70. The highest BCUT2D eigenvalue weighted by Crippen LogP contribution is 2.33. The maximum Gasteiger partial charge on any atom is 0.434 e. The fourth-order valence-electron chi connectivity index (χ4n) is 1.41. The minimum atomic E-state index is -4.40. The molecule has 102 valence electrons. The van der Waals surface area contributed by atoms with Crippen LogP contribution >= 0.6 is 11.3 Å². The first-order chi connectivity index (χ1) is 9.00. The summed E-state index contributed by atoms with van der Waals surface area (Å²) in [5.41, 5.74) is 5.06. The summed E-state index contributed by atoms with van der Waals surface area (Å²) in [4.78, 5) is 3.58. The molecule has 0 unspecified atom stereocenters. The van der Waals surface area contributed by atoms with Crippen LogP contribution in [-0.4, -0.2) is 18.1 Å². The molecule has 1 heterocycles. The van der Waals surface area contributed by atoms with Gasteiger partial charge in [0.25, 0.3) is 0 Å². The van der Waals surface area contributed by atoms with E-state index in [0.29, 0.717) is 29.5 Å². The molecule has 0 aliphatic heterocycles. The Labute approximate surface area is 111 Å². The van der Waals surface area contributed by atoms with E-state index in [1.54, 1.807) is 24.3 Å². The smallest absolute Gasteiger partial charge is 0.434 e. The molecule has 0 aliphatic carbocycles. The maximum absolute atomic E-state index is 12.4. The first-order valence-electron chi connectivity index (χ1n) is 5.47. The van der Waals surface area contributed by atoms with Crippen molar-refractivity contribution in [1.82, 2.24) is 4.98 Å². The van der Waals surface area contributed by atoms with E-state index >= 15 is 0 Å². The zero-order chi connectivity index (χ0) is 13.9. The van der Waals surface area contributed by atoms with E-state index in [1.807, 2.05) is 0 Å². The van der Waals surface area contributed by atoms with Crippen LogP contribution in [0.1, 0.15) is 5.69 Å².